The molecule has 2 unspecified atom stereocenters. The van der Waals surface area contributed by atoms with E-state index in [1.54, 1.807) is 24.3 Å². The highest BCUT2D eigenvalue weighted by atomic mass is 16.6. The van der Waals surface area contributed by atoms with Gasteiger partial charge in [-0.2, -0.15) is 0 Å². The Morgan fingerprint density at radius 2 is 1.79 bits per heavy atom. The summed E-state index contributed by atoms with van der Waals surface area (Å²) in [4.78, 5) is 24.3. The van der Waals surface area contributed by atoms with Crippen LogP contribution in [0.4, 0.5) is 0 Å². The lowest BCUT2D eigenvalue weighted by molar-refractivity contribution is -0.145. The molecule has 0 saturated carbocycles. The second kappa shape index (κ2) is 9.90. The van der Waals surface area contributed by atoms with Gasteiger partial charge in [-0.25, -0.2) is 4.79 Å². The number of rotatable bonds is 8. The lowest BCUT2D eigenvalue weighted by Gasteiger charge is -2.16. The molecule has 0 aliphatic carbocycles. The lowest BCUT2D eigenvalue weighted by atomic mass is 10.1. The van der Waals surface area contributed by atoms with Crippen molar-refractivity contribution in [2.45, 2.75) is 44.6 Å². The van der Waals surface area contributed by atoms with E-state index in [0.717, 1.165) is 12.0 Å². The first-order chi connectivity index (χ1) is 13.7. The molecule has 1 saturated heterocycles. The molecule has 28 heavy (non-hydrogen) atoms. The van der Waals surface area contributed by atoms with Crippen molar-refractivity contribution in [1.29, 1.82) is 0 Å². The number of hydrogen-bond donors (Lipinski definition) is 1. The van der Waals surface area contributed by atoms with Crippen molar-refractivity contribution in [3.05, 3.63) is 65.7 Å². The van der Waals surface area contributed by atoms with Gasteiger partial charge < -0.3 is 14.2 Å². The largest absolute Gasteiger partial charge is 0.496 e. The lowest BCUT2D eigenvalue weighted by Crippen LogP contribution is -2.33. The number of esters is 2. The molecule has 1 fully saturated rings. The minimum Gasteiger partial charge on any atom is -0.496 e. The molecular weight excluding hydrogens is 358 g/mol. The third-order valence-corrected chi connectivity index (χ3v) is 4.71. The summed E-state index contributed by atoms with van der Waals surface area (Å²) in [5.41, 5.74) is 1.37. The molecule has 0 bridgehead atoms. The summed E-state index contributed by atoms with van der Waals surface area (Å²) in [5, 5.41) is 3.27. The highest BCUT2D eigenvalue weighted by molar-refractivity contribution is 5.92. The van der Waals surface area contributed by atoms with Crippen LogP contribution in [-0.4, -0.2) is 31.3 Å². The van der Waals surface area contributed by atoms with Crippen molar-refractivity contribution in [2.24, 2.45) is 0 Å². The second-order valence-electron chi connectivity index (χ2n) is 6.72. The first-order valence-corrected chi connectivity index (χ1v) is 9.45. The van der Waals surface area contributed by atoms with E-state index in [2.05, 4.69) is 5.32 Å². The van der Waals surface area contributed by atoms with Crippen molar-refractivity contribution >= 4 is 11.9 Å². The number of nitrogens with one attached hydrogen (secondary N) is 1. The van der Waals surface area contributed by atoms with Crippen molar-refractivity contribution in [3.8, 4) is 5.75 Å². The van der Waals surface area contributed by atoms with E-state index in [-0.39, 0.29) is 24.8 Å². The van der Waals surface area contributed by atoms with E-state index in [0.29, 0.717) is 30.6 Å². The van der Waals surface area contributed by atoms with Crippen LogP contribution >= 0.6 is 0 Å². The molecule has 0 spiro atoms. The van der Waals surface area contributed by atoms with Crippen LogP contribution in [0.3, 0.4) is 0 Å². The summed E-state index contributed by atoms with van der Waals surface area (Å²) in [6.07, 6.45) is 2.18. The van der Waals surface area contributed by atoms with E-state index < -0.39 is 5.97 Å². The predicted molar refractivity (Wildman–Crippen MR) is 104 cm³/mol. The summed E-state index contributed by atoms with van der Waals surface area (Å²) < 4.78 is 16.0. The van der Waals surface area contributed by atoms with Crippen LogP contribution in [0.2, 0.25) is 0 Å². The standard InChI is InChI=1S/C22H25NO5/c1-26-19-10-6-5-9-18(19)22(25)28-20-13-11-17(23-20)12-14-21(24)27-15-16-7-3-2-4-8-16/h2-10,17,20,23H,11-15H2,1H3. The monoisotopic (exact) mass is 383 g/mol. The van der Waals surface area contributed by atoms with Gasteiger partial charge in [-0.15, -0.1) is 0 Å². The molecule has 1 aliphatic rings. The molecule has 2 aromatic carbocycles. The molecule has 0 radical (unpaired) electrons. The van der Waals surface area contributed by atoms with E-state index in [9.17, 15) is 9.59 Å². The maximum absolute atomic E-state index is 12.4. The molecule has 2 atom stereocenters. The van der Waals surface area contributed by atoms with Crippen LogP contribution in [0.15, 0.2) is 54.6 Å². The first-order valence-electron chi connectivity index (χ1n) is 9.45. The summed E-state index contributed by atoms with van der Waals surface area (Å²) in [6, 6.07) is 16.7. The fraction of sp³-hybridized carbons (Fsp3) is 0.364. The molecule has 6 nitrogen and oxygen atoms in total. The Kier molecular flexibility index (Phi) is 7.03. The summed E-state index contributed by atoms with van der Waals surface area (Å²) in [6.45, 7) is 0.289. The summed E-state index contributed by atoms with van der Waals surface area (Å²) in [5.74, 6) is -0.152. The highest BCUT2D eigenvalue weighted by Gasteiger charge is 2.28. The topological polar surface area (TPSA) is 73.9 Å². The van der Waals surface area contributed by atoms with Crippen LogP contribution < -0.4 is 10.1 Å². The Labute approximate surface area is 164 Å². The molecule has 1 N–H and O–H groups in total. The van der Waals surface area contributed by atoms with Crippen molar-refractivity contribution in [1.82, 2.24) is 5.32 Å². The van der Waals surface area contributed by atoms with Crippen LogP contribution in [0, 0.1) is 0 Å². The van der Waals surface area contributed by atoms with Crippen molar-refractivity contribution < 1.29 is 23.8 Å². The molecule has 2 aromatic rings. The molecule has 1 aliphatic heterocycles. The molecule has 3 rings (SSSR count). The maximum atomic E-state index is 12.4. The third kappa shape index (κ3) is 5.57. The average molecular weight is 383 g/mol. The van der Waals surface area contributed by atoms with E-state index in [1.165, 1.54) is 7.11 Å². The molecule has 6 heteroatoms. The Bertz CT molecular complexity index is 793. The van der Waals surface area contributed by atoms with E-state index >= 15 is 0 Å². The van der Waals surface area contributed by atoms with Gasteiger partial charge in [0.15, 0.2) is 6.23 Å². The number of para-hydroxylation sites is 1. The van der Waals surface area contributed by atoms with Crippen molar-refractivity contribution in [2.75, 3.05) is 7.11 Å². The van der Waals surface area contributed by atoms with Gasteiger partial charge in [0.2, 0.25) is 0 Å². The van der Waals surface area contributed by atoms with Gasteiger partial charge in [0, 0.05) is 12.5 Å². The SMILES string of the molecule is COc1ccccc1C(=O)OC1CCC(CCC(=O)OCc2ccccc2)N1. The Morgan fingerprint density at radius 3 is 2.57 bits per heavy atom. The van der Waals surface area contributed by atoms with Crippen LogP contribution in [0.5, 0.6) is 5.75 Å². The zero-order valence-corrected chi connectivity index (χ0v) is 15.9. The number of hydrogen-bond acceptors (Lipinski definition) is 6. The zero-order valence-electron chi connectivity index (χ0n) is 15.9. The van der Waals surface area contributed by atoms with Gasteiger partial charge in [-0.1, -0.05) is 42.5 Å². The van der Waals surface area contributed by atoms with Gasteiger partial charge in [0.1, 0.15) is 17.9 Å². The number of ether oxygens (including phenoxy) is 3. The molecular formula is C22H25NO5. The zero-order chi connectivity index (χ0) is 19.8. The van der Waals surface area contributed by atoms with Crippen molar-refractivity contribution in [3.63, 3.8) is 0 Å². The Hall–Kier alpha value is -2.86. The molecule has 148 valence electrons. The van der Waals surface area contributed by atoms with Crippen LogP contribution in [-0.2, 0) is 20.9 Å². The first kappa shape index (κ1) is 19.9. The summed E-state index contributed by atoms with van der Waals surface area (Å²) in [7, 11) is 1.52. The van der Waals surface area contributed by atoms with Gasteiger partial charge >= 0.3 is 11.9 Å². The number of methoxy groups -OCH3 is 1. The summed E-state index contributed by atoms with van der Waals surface area (Å²) >= 11 is 0. The minimum absolute atomic E-state index is 0.125. The fourth-order valence-electron chi connectivity index (χ4n) is 3.21. The Morgan fingerprint density at radius 1 is 1.04 bits per heavy atom. The van der Waals surface area contributed by atoms with Gasteiger partial charge in [0.25, 0.3) is 0 Å². The quantitative estimate of drug-likeness (QED) is 0.704. The third-order valence-electron chi connectivity index (χ3n) is 4.71. The molecule has 0 amide bonds. The van der Waals surface area contributed by atoms with Crippen LogP contribution in [0.25, 0.3) is 0 Å². The Balaban J connectivity index is 1.39. The predicted octanol–water partition coefficient (Wildman–Crippen LogP) is 3.45. The number of carbonyl (C=O) groups excluding carboxylic acids is 2. The second-order valence-corrected chi connectivity index (χ2v) is 6.72. The van der Waals surface area contributed by atoms with Crippen LogP contribution in [0.1, 0.15) is 41.6 Å². The number of carbonyl (C=O) groups is 2. The highest BCUT2D eigenvalue weighted by Crippen LogP contribution is 2.22. The molecule has 0 aromatic heterocycles. The smallest absolute Gasteiger partial charge is 0.343 e. The van der Waals surface area contributed by atoms with E-state index in [1.807, 2.05) is 30.3 Å². The van der Waals surface area contributed by atoms with Gasteiger partial charge in [-0.3, -0.25) is 10.1 Å². The minimum atomic E-state index is -0.419. The van der Waals surface area contributed by atoms with Gasteiger partial charge in [-0.05, 0) is 37.0 Å². The fourth-order valence-corrected chi connectivity index (χ4v) is 3.21. The normalized spacial score (nSPS) is 18.5. The van der Waals surface area contributed by atoms with E-state index in [4.69, 9.17) is 14.2 Å². The maximum Gasteiger partial charge on any atom is 0.343 e. The molecule has 1 heterocycles. The average Bonchev–Trinajstić information content (AvgIpc) is 3.18. The van der Waals surface area contributed by atoms with Gasteiger partial charge in [0.05, 0.1) is 7.11 Å². The number of benzene rings is 2.